The Morgan fingerprint density at radius 3 is 2.43 bits per heavy atom. The minimum atomic E-state index is -0.778. The van der Waals surface area contributed by atoms with Gasteiger partial charge in [-0.15, -0.1) is 0 Å². The van der Waals surface area contributed by atoms with Gasteiger partial charge in [-0.1, -0.05) is 30.3 Å². The number of hydrogen-bond donors (Lipinski definition) is 1. The zero-order chi connectivity index (χ0) is 14.7. The summed E-state index contributed by atoms with van der Waals surface area (Å²) in [5, 5.41) is 9.03. The second-order valence-electron chi connectivity index (χ2n) is 5.97. The Kier molecular flexibility index (Phi) is 4.41. The SMILES string of the molecule is O=C(O)N1CC[C@H](N2CCN(Cc3ccccc3)CC2)C1. The fraction of sp³-hybridized carbons (Fsp3) is 0.562. The molecule has 1 amide bonds. The molecule has 1 atom stereocenters. The molecule has 5 nitrogen and oxygen atoms in total. The topological polar surface area (TPSA) is 47.0 Å². The van der Waals surface area contributed by atoms with Crippen LogP contribution in [0.4, 0.5) is 4.79 Å². The van der Waals surface area contributed by atoms with Crippen molar-refractivity contribution in [1.82, 2.24) is 14.7 Å². The molecule has 2 aliphatic rings. The highest BCUT2D eigenvalue weighted by atomic mass is 16.4. The second kappa shape index (κ2) is 6.45. The highest BCUT2D eigenvalue weighted by Crippen LogP contribution is 2.18. The van der Waals surface area contributed by atoms with Crippen LogP contribution in [0.2, 0.25) is 0 Å². The molecule has 2 fully saturated rings. The molecule has 0 spiro atoms. The first-order chi connectivity index (χ1) is 10.2. The Hall–Kier alpha value is -1.59. The van der Waals surface area contributed by atoms with E-state index in [0.29, 0.717) is 19.1 Å². The predicted molar refractivity (Wildman–Crippen MR) is 81.3 cm³/mol. The molecule has 21 heavy (non-hydrogen) atoms. The smallest absolute Gasteiger partial charge is 0.407 e. The summed E-state index contributed by atoms with van der Waals surface area (Å²) in [7, 11) is 0. The number of nitrogens with zero attached hydrogens (tertiary/aromatic N) is 3. The van der Waals surface area contributed by atoms with E-state index in [0.717, 1.165) is 39.1 Å². The molecule has 1 aromatic carbocycles. The van der Waals surface area contributed by atoms with Crippen molar-refractivity contribution in [2.75, 3.05) is 39.3 Å². The number of hydrogen-bond acceptors (Lipinski definition) is 3. The normalized spacial score (nSPS) is 24.4. The summed E-state index contributed by atoms with van der Waals surface area (Å²) < 4.78 is 0. The highest BCUT2D eigenvalue weighted by molar-refractivity contribution is 5.65. The predicted octanol–water partition coefficient (Wildman–Crippen LogP) is 1.56. The average molecular weight is 289 g/mol. The van der Waals surface area contributed by atoms with Gasteiger partial charge in [0.15, 0.2) is 0 Å². The molecule has 2 saturated heterocycles. The van der Waals surface area contributed by atoms with Gasteiger partial charge in [-0.25, -0.2) is 4.79 Å². The van der Waals surface area contributed by atoms with E-state index in [2.05, 4.69) is 40.1 Å². The summed E-state index contributed by atoms with van der Waals surface area (Å²) in [6, 6.07) is 11.0. The zero-order valence-corrected chi connectivity index (χ0v) is 12.3. The number of likely N-dealkylation sites (tertiary alicyclic amines) is 1. The van der Waals surface area contributed by atoms with E-state index in [1.165, 1.54) is 5.56 Å². The van der Waals surface area contributed by atoms with Gasteiger partial charge in [-0.05, 0) is 12.0 Å². The Bertz CT molecular complexity index is 472. The molecule has 1 aromatic rings. The lowest BCUT2D eigenvalue weighted by Gasteiger charge is -2.37. The molecule has 3 rings (SSSR count). The van der Waals surface area contributed by atoms with Crippen LogP contribution in [0.25, 0.3) is 0 Å². The number of amides is 1. The van der Waals surface area contributed by atoms with Crippen molar-refractivity contribution < 1.29 is 9.90 Å². The fourth-order valence-corrected chi connectivity index (χ4v) is 3.34. The summed E-state index contributed by atoms with van der Waals surface area (Å²) >= 11 is 0. The molecule has 5 heteroatoms. The average Bonchev–Trinajstić information content (AvgIpc) is 2.99. The lowest BCUT2D eigenvalue weighted by atomic mass is 10.1. The summed E-state index contributed by atoms with van der Waals surface area (Å²) in [6.45, 7) is 6.60. The first-order valence-corrected chi connectivity index (χ1v) is 7.70. The van der Waals surface area contributed by atoms with Crippen molar-refractivity contribution >= 4 is 6.09 Å². The van der Waals surface area contributed by atoms with Gasteiger partial charge in [-0.2, -0.15) is 0 Å². The van der Waals surface area contributed by atoms with Gasteiger partial charge in [0.1, 0.15) is 0 Å². The first-order valence-electron chi connectivity index (χ1n) is 7.70. The maximum absolute atomic E-state index is 11.0. The van der Waals surface area contributed by atoms with Gasteiger partial charge in [-0.3, -0.25) is 9.80 Å². The lowest BCUT2D eigenvalue weighted by molar-refractivity contribution is 0.0922. The van der Waals surface area contributed by atoms with Gasteiger partial charge in [0, 0.05) is 51.9 Å². The third-order valence-corrected chi connectivity index (χ3v) is 4.61. The fourth-order valence-electron chi connectivity index (χ4n) is 3.34. The van der Waals surface area contributed by atoms with Gasteiger partial charge >= 0.3 is 6.09 Å². The summed E-state index contributed by atoms with van der Waals surface area (Å²) in [6.07, 6.45) is 0.200. The minimum Gasteiger partial charge on any atom is -0.465 e. The van der Waals surface area contributed by atoms with Crippen LogP contribution in [-0.2, 0) is 6.54 Å². The highest BCUT2D eigenvalue weighted by Gasteiger charge is 2.31. The summed E-state index contributed by atoms with van der Waals surface area (Å²) in [5.74, 6) is 0. The molecule has 0 bridgehead atoms. The van der Waals surface area contributed by atoms with Crippen LogP contribution in [0.1, 0.15) is 12.0 Å². The van der Waals surface area contributed by atoms with Gasteiger partial charge in [0.25, 0.3) is 0 Å². The van der Waals surface area contributed by atoms with Crippen LogP contribution < -0.4 is 0 Å². The molecule has 2 heterocycles. The van der Waals surface area contributed by atoms with Gasteiger partial charge in [0.2, 0.25) is 0 Å². The van der Waals surface area contributed by atoms with Crippen LogP contribution in [0.15, 0.2) is 30.3 Å². The van der Waals surface area contributed by atoms with E-state index in [1.54, 1.807) is 4.90 Å². The van der Waals surface area contributed by atoms with Crippen molar-refractivity contribution in [3.63, 3.8) is 0 Å². The molecule has 0 radical (unpaired) electrons. The maximum Gasteiger partial charge on any atom is 0.407 e. The van der Waals surface area contributed by atoms with E-state index in [9.17, 15) is 4.79 Å². The number of carboxylic acid groups (broad SMARTS) is 1. The number of carbonyl (C=O) groups is 1. The first kappa shape index (κ1) is 14.4. The third kappa shape index (κ3) is 3.54. The molecule has 2 aliphatic heterocycles. The van der Waals surface area contributed by atoms with E-state index in [1.807, 2.05) is 0 Å². The maximum atomic E-state index is 11.0. The summed E-state index contributed by atoms with van der Waals surface area (Å²) in [5.41, 5.74) is 1.36. The van der Waals surface area contributed by atoms with Crippen LogP contribution in [0, 0.1) is 0 Å². The molecule has 114 valence electrons. The van der Waals surface area contributed by atoms with Crippen LogP contribution in [-0.4, -0.2) is 71.2 Å². The van der Waals surface area contributed by atoms with Crippen LogP contribution >= 0.6 is 0 Å². The summed E-state index contributed by atoms with van der Waals surface area (Å²) in [4.78, 5) is 17.5. The molecule has 1 N–H and O–H groups in total. The molecule has 0 saturated carbocycles. The molecule has 0 aliphatic carbocycles. The van der Waals surface area contributed by atoms with Gasteiger partial charge < -0.3 is 10.0 Å². The van der Waals surface area contributed by atoms with E-state index < -0.39 is 6.09 Å². The van der Waals surface area contributed by atoms with Crippen molar-refractivity contribution in [3.05, 3.63) is 35.9 Å². The van der Waals surface area contributed by atoms with Crippen molar-refractivity contribution in [3.8, 4) is 0 Å². The van der Waals surface area contributed by atoms with Crippen LogP contribution in [0.5, 0.6) is 0 Å². The standard InChI is InChI=1S/C16H23N3O2/c20-16(21)19-7-6-15(13-19)18-10-8-17(9-11-18)12-14-4-2-1-3-5-14/h1-5,15H,6-13H2,(H,20,21)/t15-/m0/s1. The number of benzene rings is 1. The monoisotopic (exact) mass is 289 g/mol. The minimum absolute atomic E-state index is 0.417. The molecular formula is C16H23N3O2. The Morgan fingerprint density at radius 2 is 1.81 bits per heavy atom. The zero-order valence-electron chi connectivity index (χ0n) is 12.3. The quantitative estimate of drug-likeness (QED) is 0.917. The van der Waals surface area contributed by atoms with Crippen molar-refractivity contribution in [2.45, 2.75) is 19.0 Å². The second-order valence-corrected chi connectivity index (χ2v) is 5.97. The largest absolute Gasteiger partial charge is 0.465 e. The lowest BCUT2D eigenvalue weighted by Crippen LogP contribution is -2.50. The molecule has 0 unspecified atom stereocenters. The van der Waals surface area contributed by atoms with Gasteiger partial charge in [0.05, 0.1) is 0 Å². The third-order valence-electron chi connectivity index (χ3n) is 4.61. The Morgan fingerprint density at radius 1 is 1.10 bits per heavy atom. The van der Waals surface area contributed by atoms with E-state index in [-0.39, 0.29) is 0 Å². The van der Waals surface area contributed by atoms with Crippen molar-refractivity contribution in [1.29, 1.82) is 0 Å². The van der Waals surface area contributed by atoms with E-state index >= 15 is 0 Å². The Balaban J connectivity index is 1.46. The number of rotatable bonds is 3. The molecular weight excluding hydrogens is 266 g/mol. The van der Waals surface area contributed by atoms with Crippen molar-refractivity contribution in [2.24, 2.45) is 0 Å². The molecule has 0 aromatic heterocycles. The Labute approximate surface area is 125 Å². The van der Waals surface area contributed by atoms with Crippen LogP contribution in [0.3, 0.4) is 0 Å². The van der Waals surface area contributed by atoms with E-state index in [4.69, 9.17) is 5.11 Å². The number of piperazine rings is 1.